The summed E-state index contributed by atoms with van der Waals surface area (Å²) in [6.45, 7) is 1.25. The van der Waals surface area contributed by atoms with E-state index in [-0.39, 0.29) is 31.6 Å². The van der Waals surface area contributed by atoms with Gasteiger partial charge in [-0.15, -0.1) is 0 Å². The van der Waals surface area contributed by atoms with Crippen molar-refractivity contribution in [2.24, 2.45) is 11.5 Å². The molecule has 0 radical (unpaired) electrons. The third kappa shape index (κ3) is 11.6. The number of aromatic hydroxyl groups is 1. The quantitative estimate of drug-likeness (QED) is 0.140. The summed E-state index contributed by atoms with van der Waals surface area (Å²) in [5, 5.41) is 19.6. The molecule has 0 saturated carbocycles. The average Bonchev–Trinajstić information content (AvgIpc) is 2.90. The Bertz CT molecular complexity index is 1130. The van der Waals surface area contributed by atoms with Crippen LogP contribution in [-0.4, -0.2) is 65.9 Å². The standard InChI is InChI=1S/C27H36N6O6/c1-17(32-26(38)21(28)14-19-9-11-20(34)12-10-19)25(37)31-16-24(36)33-22(15-18-6-3-2-4-7-18)27(39)30-13-5-8-23(29)35/h2-4,6-7,9-12,17,21-22,34H,5,8,13-16,28H2,1H3,(H2,29,35)(H,30,39)(H,31,37)(H,32,38)(H,33,36)/t17-,21+,22+/m1/s1. The maximum atomic E-state index is 12.7. The largest absolute Gasteiger partial charge is 0.508 e. The highest BCUT2D eigenvalue weighted by atomic mass is 16.3. The van der Waals surface area contributed by atoms with E-state index in [9.17, 15) is 29.1 Å². The third-order valence-electron chi connectivity index (χ3n) is 5.74. The number of phenols is 1. The van der Waals surface area contributed by atoms with Crippen molar-refractivity contribution >= 4 is 29.5 Å². The smallest absolute Gasteiger partial charge is 0.242 e. The van der Waals surface area contributed by atoms with Crippen LogP contribution in [0, 0.1) is 0 Å². The zero-order chi connectivity index (χ0) is 28.8. The molecule has 0 saturated heterocycles. The van der Waals surface area contributed by atoms with Crippen LogP contribution in [0.15, 0.2) is 54.6 Å². The minimum atomic E-state index is -0.968. The summed E-state index contributed by atoms with van der Waals surface area (Å²) in [6.07, 6.45) is 0.910. The number of hydrogen-bond acceptors (Lipinski definition) is 7. The minimum absolute atomic E-state index is 0.0957. The SMILES string of the molecule is C[C@@H](NC(=O)[C@@H](N)Cc1ccc(O)cc1)C(=O)NCC(=O)N[C@@H](Cc1ccccc1)C(=O)NCCCC(N)=O. The Morgan fingerprint density at radius 2 is 1.46 bits per heavy atom. The first-order chi connectivity index (χ1) is 18.5. The van der Waals surface area contributed by atoms with Crippen LogP contribution in [0.25, 0.3) is 0 Å². The molecule has 12 nitrogen and oxygen atoms in total. The number of amides is 5. The molecular formula is C27H36N6O6. The topological polar surface area (TPSA) is 206 Å². The van der Waals surface area contributed by atoms with Crippen molar-refractivity contribution in [1.82, 2.24) is 21.3 Å². The van der Waals surface area contributed by atoms with Crippen LogP contribution in [0.4, 0.5) is 0 Å². The van der Waals surface area contributed by atoms with Crippen LogP contribution in [0.2, 0.25) is 0 Å². The minimum Gasteiger partial charge on any atom is -0.508 e. The summed E-state index contributed by atoms with van der Waals surface area (Å²) < 4.78 is 0. The summed E-state index contributed by atoms with van der Waals surface area (Å²) in [4.78, 5) is 61.0. The van der Waals surface area contributed by atoms with E-state index in [1.165, 1.54) is 19.1 Å². The lowest BCUT2D eigenvalue weighted by atomic mass is 10.0. The molecule has 0 aliphatic carbocycles. The van der Waals surface area contributed by atoms with E-state index < -0.39 is 54.2 Å². The van der Waals surface area contributed by atoms with Crippen molar-refractivity contribution in [3.63, 3.8) is 0 Å². The molecule has 0 fully saturated rings. The van der Waals surface area contributed by atoms with Crippen molar-refractivity contribution in [3.8, 4) is 5.75 Å². The van der Waals surface area contributed by atoms with Crippen molar-refractivity contribution in [3.05, 3.63) is 65.7 Å². The zero-order valence-electron chi connectivity index (χ0n) is 21.8. The average molecular weight is 541 g/mol. The molecule has 2 rings (SSSR count). The summed E-state index contributed by atoms with van der Waals surface area (Å²) in [5.74, 6) is -2.57. The molecule has 0 heterocycles. The molecule has 0 aliphatic heterocycles. The Balaban J connectivity index is 1.85. The van der Waals surface area contributed by atoms with Gasteiger partial charge in [-0.3, -0.25) is 24.0 Å². The summed E-state index contributed by atoms with van der Waals surface area (Å²) in [7, 11) is 0. The van der Waals surface area contributed by atoms with Crippen LogP contribution in [-0.2, 0) is 36.8 Å². The number of nitrogens with one attached hydrogen (secondary N) is 4. The van der Waals surface area contributed by atoms with Gasteiger partial charge >= 0.3 is 0 Å². The van der Waals surface area contributed by atoms with Crippen LogP contribution in [0.5, 0.6) is 5.75 Å². The number of nitrogens with two attached hydrogens (primary N) is 2. The van der Waals surface area contributed by atoms with Gasteiger partial charge in [0.05, 0.1) is 12.6 Å². The molecule has 5 amide bonds. The lowest BCUT2D eigenvalue weighted by Gasteiger charge is -2.20. The van der Waals surface area contributed by atoms with Gasteiger partial charge in [0.2, 0.25) is 29.5 Å². The molecule has 39 heavy (non-hydrogen) atoms. The van der Waals surface area contributed by atoms with Gasteiger partial charge < -0.3 is 37.8 Å². The second-order valence-electron chi connectivity index (χ2n) is 9.10. The van der Waals surface area contributed by atoms with E-state index >= 15 is 0 Å². The van der Waals surface area contributed by atoms with Gasteiger partial charge in [-0.05, 0) is 43.0 Å². The van der Waals surface area contributed by atoms with Gasteiger partial charge in [-0.1, -0.05) is 42.5 Å². The highest BCUT2D eigenvalue weighted by Crippen LogP contribution is 2.11. The van der Waals surface area contributed by atoms with E-state index in [1.54, 1.807) is 12.1 Å². The third-order valence-corrected chi connectivity index (χ3v) is 5.74. The molecule has 3 atom stereocenters. The Morgan fingerprint density at radius 1 is 0.821 bits per heavy atom. The molecule has 210 valence electrons. The molecular weight excluding hydrogens is 504 g/mol. The lowest BCUT2D eigenvalue weighted by Crippen LogP contribution is -2.53. The highest BCUT2D eigenvalue weighted by Gasteiger charge is 2.23. The first-order valence-electron chi connectivity index (χ1n) is 12.6. The van der Waals surface area contributed by atoms with Crippen LogP contribution < -0.4 is 32.7 Å². The number of carbonyl (C=O) groups is 5. The molecule has 2 aromatic rings. The first kappa shape index (κ1) is 30.8. The van der Waals surface area contributed by atoms with Crippen molar-refractivity contribution in [2.45, 2.75) is 50.7 Å². The van der Waals surface area contributed by atoms with Crippen LogP contribution >= 0.6 is 0 Å². The zero-order valence-corrected chi connectivity index (χ0v) is 21.8. The van der Waals surface area contributed by atoms with E-state index in [0.29, 0.717) is 6.42 Å². The van der Waals surface area contributed by atoms with Gasteiger partial charge in [0.25, 0.3) is 0 Å². The summed E-state index contributed by atoms with van der Waals surface area (Å²) >= 11 is 0. The number of carbonyl (C=O) groups excluding carboxylic acids is 5. The number of primary amides is 1. The first-order valence-corrected chi connectivity index (χ1v) is 12.6. The molecule has 9 N–H and O–H groups in total. The van der Waals surface area contributed by atoms with Gasteiger partial charge in [0.1, 0.15) is 17.8 Å². The monoisotopic (exact) mass is 540 g/mol. The Labute approximate surface area is 226 Å². The summed E-state index contributed by atoms with van der Waals surface area (Å²) in [6, 6.07) is 12.5. The van der Waals surface area contributed by atoms with Crippen molar-refractivity contribution < 1.29 is 29.1 Å². The van der Waals surface area contributed by atoms with Crippen molar-refractivity contribution in [2.75, 3.05) is 13.1 Å². The summed E-state index contributed by atoms with van der Waals surface area (Å²) in [5.41, 5.74) is 12.6. The van der Waals surface area contributed by atoms with Crippen LogP contribution in [0.3, 0.4) is 0 Å². The second-order valence-corrected chi connectivity index (χ2v) is 9.10. The molecule has 0 unspecified atom stereocenters. The Morgan fingerprint density at radius 3 is 2.10 bits per heavy atom. The van der Waals surface area contributed by atoms with E-state index in [2.05, 4.69) is 21.3 Å². The molecule has 0 aromatic heterocycles. The number of phenolic OH excluding ortho intramolecular Hbond substituents is 1. The van der Waals surface area contributed by atoms with E-state index in [1.807, 2.05) is 30.3 Å². The molecule has 12 heteroatoms. The maximum absolute atomic E-state index is 12.7. The molecule has 0 spiro atoms. The number of hydrogen-bond donors (Lipinski definition) is 7. The molecule has 0 bridgehead atoms. The highest BCUT2D eigenvalue weighted by molar-refractivity contribution is 5.93. The van der Waals surface area contributed by atoms with Gasteiger partial charge in [-0.2, -0.15) is 0 Å². The van der Waals surface area contributed by atoms with E-state index in [0.717, 1.165) is 11.1 Å². The Hall–Kier alpha value is -4.45. The predicted molar refractivity (Wildman–Crippen MR) is 144 cm³/mol. The predicted octanol–water partition coefficient (Wildman–Crippen LogP) is -1.01. The van der Waals surface area contributed by atoms with Gasteiger partial charge in [0.15, 0.2) is 0 Å². The van der Waals surface area contributed by atoms with Crippen LogP contribution in [0.1, 0.15) is 30.9 Å². The fourth-order valence-corrected chi connectivity index (χ4v) is 3.59. The fourth-order valence-electron chi connectivity index (χ4n) is 3.59. The Kier molecular flexibility index (Phi) is 12.4. The van der Waals surface area contributed by atoms with Gasteiger partial charge in [0, 0.05) is 19.4 Å². The number of rotatable bonds is 15. The maximum Gasteiger partial charge on any atom is 0.242 e. The van der Waals surface area contributed by atoms with E-state index in [4.69, 9.17) is 11.5 Å². The van der Waals surface area contributed by atoms with Gasteiger partial charge in [-0.25, -0.2) is 0 Å². The lowest BCUT2D eigenvalue weighted by molar-refractivity contribution is -0.131. The van der Waals surface area contributed by atoms with Crippen molar-refractivity contribution in [1.29, 1.82) is 0 Å². The molecule has 0 aliphatic rings. The second kappa shape index (κ2) is 15.7. The number of benzene rings is 2. The fraction of sp³-hybridized carbons (Fsp3) is 0.370. The molecule has 2 aromatic carbocycles. The normalized spacial score (nSPS) is 12.9.